The Balaban J connectivity index is 1.79. The molecule has 0 aliphatic heterocycles. The van der Waals surface area contributed by atoms with Crippen LogP contribution >= 0.6 is 11.5 Å². The van der Waals surface area contributed by atoms with Gasteiger partial charge < -0.3 is 5.32 Å². The monoisotopic (exact) mass is 197 g/mol. The van der Waals surface area contributed by atoms with Crippen LogP contribution in [0.2, 0.25) is 0 Å². The molecule has 2 atom stereocenters. The molecule has 0 saturated heterocycles. The molecule has 2 rings (SSSR count). The van der Waals surface area contributed by atoms with E-state index in [0.29, 0.717) is 0 Å². The molecule has 3 nitrogen and oxygen atoms in total. The van der Waals surface area contributed by atoms with Gasteiger partial charge in [0.05, 0.1) is 0 Å². The fraction of sp³-hybridized carbons (Fsp3) is 0.778. The molecule has 1 fully saturated rings. The predicted molar refractivity (Wildman–Crippen MR) is 54.9 cm³/mol. The summed E-state index contributed by atoms with van der Waals surface area (Å²) < 4.78 is 3.95. The maximum absolute atomic E-state index is 4.10. The SMILES string of the molecule is CC1CCCC1CNc1ncns1. The van der Waals surface area contributed by atoms with Gasteiger partial charge in [-0.3, -0.25) is 0 Å². The van der Waals surface area contributed by atoms with E-state index in [9.17, 15) is 0 Å². The third-order valence-electron chi connectivity index (χ3n) is 2.92. The minimum absolute atomic E-state index is 0.837. The van der Waals surface area contributed by atoms with Crippen LogP contribution in [0.1, 0.15) is 26.2 Å². The van der Waals surface area contributed by atoms with Gasteiger partial charge in [-0.05, 0) is 18.3 Å². The topological polar surface area (TPSA) is 37.8 Å². The average Bonchev–Trinajstić information content (AvgIpc) is 2.72. The van der Waals surface area contributed by atoms with Crippen molar-refractivity contribution in [1.82, 2.24) is 9.36 Å². The number of rotatable bonds is 3. The van der Waals surface area contributed by atoms with E-state index in [1.807, 2.05) is 0 Å². The Kier molecular flexibility index (Phi) is 2.78. The lowest BCUT2D eigenvalue weighted by Gasteiger charge is -2.14. The summed E-state index contributed by atoms with van der Waals surface area (Å²) >= 11 is 1.44. The van der Waals surface area contributed by atoms with E-state index in [-0.39, 0.29) is 0 Å². The van der Waals surface area contributed by atoms with Crippen LogP contribution in [-0.4, -0.2) is 15.9 Å². The molecule has 1 aromatic heterocycles. The Morgan fingerprint density at radius 2 is 2.54 bits per heavy atom. The van der Waals surface area contributed by atoms with Gasteiger partial charge in [0.2, 0.25) is 5.13 Å². The Morgan fingerprint density at radius 1 is 1.62 bits per heavy atom. The molecule has 1 N–H and O–H groups in total. The Morgan fingerprint density at radius 3 is 3.15 bits per heavy atom. The van der Waals surface area contributed by atoms with Crippen LogP contribution in [0.3, 0.4) is 0 Å². The second kappa shape index (κ2) is 4.05. The van der Waals surface area contributed by atoms with Crippen molar-refractivity contribution < 1.29 is 0 Å². The summed E-state index contributed by atoms with van der Waals surface area (Å²) in [7, 11) is 0. The molecule has 1 aliphatic carbocycles. The number of aromatic nitrogens is 2. The highest BCUT2D eigenvalue weighted by molar-refractivity contribution is 7.09. The minimum atomic E-state index is 0.837. The molecular formula is C9H15N3S. The first kappa shape index (κ1) is 8.94. The number of nitrogens with one attached hydrogen (secondary N) is 1. The Labute approximate surface area is 82.8 Å². The van der Waals surface area contributed by atoms with Gasteiger partial charge in [0.25, 0.3) is 0 Å². The first-order chi connectivity index (χ1) is 6.36. The molecule has 0 spiro atoms. The number of nitrogens with zero attached hydrogens (tertiary/aromatic N) is 2. The lowest BCUT2D eigenvalue weighted by Crippen LogP contribution is -2.16. The smallest absolute Gasteiger partial charge is 0.202 e. The zero-order chi connectivity index (χ0) is 9.10. The van der Waals surface area contributed by atoms with Crippen molar-refractivity contribution in [2.75, 3.05) is 11.9 Å². The van der Waals surface area contributed by atoms with Crippen molar-refractivity contribution >= 4 is 16.7 Å². The van der Waals surface area contributed by atoms with E-state index in [0.717, 1.165) is 23.5 Å². The molecule has 0 amide bonds. The molecule has 0 radical (unpaired) electrons. The van der Waals surface area contributed by atoms with Crippen molar-refractivity contribution in [3.63, 3.8) is 0 Å². The Bertz CT molecular complexity index is 247. The second-order valence-corrected chi connectivity index (χ2v) is 4.58. The molecule has 0 bridgehead atoms. The quantitative estimate of drug-likeness (QED) is 0.808. The van der Waals surface area contributed by atoms with Crippen molar-refractivity contribution in [3.8, 4) is 0 Å². The van der Waals surface area contributed by atoms with Gasteiger partial charge in [0.15, 0.2) is 0 Å². The minimum Gasteiger partial charge on any atom is -0.360 e. The van der Waals surface area contributed by atoms with Gasteiger partial charge in [-0.1, -0.05) is 19.8 Å². The second-order valence-electron chi connectivity index (χ2n) is 3.80. The molecule has 13 heavy (non-hydrogen) atoms. The van der Waals surface area contributed by atoms with Crippen LogP contribution in [0.4, 0.5) is 5.13 Å². The van der Waals surface area contributed by atoms with Crippen LogP contribution in [-0.2, 0) is 0 Å². The standard InChI is InChI=1S/C9H15N3S/c1-7-3-2-4-8(7)5-10-9-11-6-12-13-9/h6-8H,2-5H2,1H3,(H,10,11,12). The van der Waals surface area contributed by atoms with E-state index in [1.165, 1.54) is 30.8 Å². The van der Waals surface area contributed by atoms with Crippen molar-refractivity contribution in [2.24, 2.45) is 11.8 Å². The maximum atomic E-state index is 4.10. The van der Waals surface area contributed by atoms with Crippen LogP contribution in [0.25, 0.3) is 0 Å². The molecule has 0 aromatic carbocycles. The summed E-state index contributed by atoms with van der Waals surface area (Å²) in [6, 6.07) is 0. The highest BCUT2D eigenvalue weighted by atomic mass is 32.1. The fourth-order valence-corrected chi connectivity index (χ4v) is 2.43. The number of hydrogen-bond acceptors (Lipinski definition) is 4. The van der Waals surface area contributed by atoms with E-state index in [1.54, 1.807) is 6.33 Å². The molecule has 72 valence electrons. The maximum Gasteiger partial charge on any atom is 0.202 e. The van der Waals surface area contributed by atoms with Gasteiger partial charge in [0, 0.05) is 18.1 Å². The van der Waals surface area contributed by atoms with Gasteiger partial charge in [-0.15, -0.1) is 0 Å². The molecule has 1 heterocycles. The van der Waals surface area contributed by atoms with Crippen molar-refractivity contribution in [3.05, 3.63) is 6.33 Å². The summed E-state index contributed by atoms with van der Waals surface area (Å²) in [6.45, 7) is 3.41. The van der Waals surface area contributed by atoms with Gasteiger partial charge >= 0.3 is 0 Å². The summed E-state index contributed by atoms with van der Waals surface area (Å²) in [6.07, 6.45) is 5.75. The average molecular weight is 197 g/mol. The largest absolute Gasteiger partial charge is 0.360 e. The highest BCUT2D eigenvalue weighted by Gasteiger charge is 2.22. The zero-order valence-corrected chi connectivity index (χ0v) is 8.68. The third kappa shape index (κ3) is 2.18. The first-order valence-electron chi connectivity index (χ1n) is 4.87. The summed E-state index contributed by atoms with van der Waals surface area (Å²) in [5, 5.41) is 4.30. The van der Waals surface area contributed by atoms with Crippen LogP contribution in [0.15, 0.2) is 6.33 Å². The van der Waals surface area contributed by atoms with Crippen LogP contribution in [0, 0.1) is 11.8 Å². The summed E-state index contributed by atoms with van der Waals surface area (Å²) in [5.74, 6) is 1.71. The molecule has 1 saturated carbocycles. The Hall–Kier alpha value is -0.640. The van der Waals surface area contributed by atoms with Gasteiger partial charge in [0.1, 0.15) is 6.33 Å². The number of hydrogen-bond donors (Lipinski definition) is 1. The lowest BCUT2D eigenvalue weighted by molar-refractivity contribution is 0.439. The van der Waals surface area contributed by atoms with Crippen LogP contribution in [0.5, 0.6) is 0 Å². The van der Waals surface area contributed by atoms with E-state index >= 15 is 0 Å². The molecular weight excluding hydrogens is 182 g/mol. The van der Waals surface area contributed by atoms with Crippen molar-refractivity contribution in [1.29, 1.82) is 0 Å². The molecule has 4 heteroatoms. The molecule has 2 unspecified atom stereocenters. The van der Waals surface area contributed by atoms with Crippen molar-refractivity contribution in [2.45, 2.75) is 26.2 Å². The normalized spacial score (nSPS) is 27.8. The zero-order valence-electron chi connectivity index (χ0n) is 7.86. The first-order valence-corrected chi connectivity index (χ1v) is 5.64. The van der Waals surface area contributed by atoms with Gasteiger partial charge in [-0.2, -0.15) is 4.37 Å². The van der Waals surface area contributed by atoms with Gasteiger partial charge in [-0.25, -0.2) is 4.98 Å². The predicted octanol–water partition coefficient (Wildman–Crippen LogP) is 2.39. The van der Waals surface area contributed by atoms with E-state index < -0.39 is 0 Å². The molecule has 1 aliphatic rings. The third-order valence-corrected chi connectivity index (χ3v) is 3.54. The summed E-state index contributed by atoms with van der Waals surface area (Å²) in [5.41, 5.74) is 0. The summed E-state index contributed by atoms with van der Waals surface area (Å²) in [4.78, 5) is 4.10. The fourth-order valence-electron chi connectivity index (χ4n) is 1.99. The van der Waals surface area contributed by atoms with Crippen LogP contribution < -0.4 is 5.32 Å². The van der Waals surface area contributed by atoms with E-state index in [4.69, 9.17) is 0 Å². The van der Waals surface area contributed by atoms with E-state index in [2.05, 4.69) is 21.6 Å². The highest BCUT2D eigenvalue weighted by Crippen LogP contribution is 2.31. The molecule has 1 aromatic rings. The lowest BCUT2D eigenvalue weighted by atomic mass is 9.98. The number of anilines is 1.